The Labute approximate surface area is 142 Å². The van der Waals surface area contributed by atoms with Crippen LogP contribution in [0.5, 0.6) is 0 Å². The highest BCUT2D eigenvalue weighted by atomic mass is 15.2. The van der Waals surface area contributed by atoms with Crippen molar-refractivity contribution in [1.82, 2.24) is 19.9 Å². The van der Waals surface area contributed by atoms with E-state index in [4.69, 9.17) is 4.98 Å². The fourth-order valence-electron chi connectivity index (χ4n) is 2.76. The lowest BCUT2D eigenvalue weighted by Crippen LogP contribution is -2.27. The molecular formula is C19H21N5. The van der Waals surface area contributed by atoms with Gasteiger partial charge in [-0.1, -0.05) is 6.07 Å². The molecule has 0 bridgehead atoms. The Balaban J connectivity index is 1.99. The van der Waals surface area contributed by atoms with Crippen LogP contribution in [0.15, 0.2) is 55.1 Å². The molecule has 0 saturated heterocycles. The quantitative estimate of drug-likeness (QED) is 0.715. The molecule has 1 atom stereocenters. The monoisotopic (exact) mass is 319 g/mol. The van der Waals surface area contributed by atoms with Crippen molar-refractivity contribution >= 4 is 5.82 Å². The summed E-state index contributed by atoms with van der Waals surface area (Å²) in [6.45, 7) is 7.14. The molecule has 3 rings (SSSR count). The average molecular weight is 319 g/mol. The summed E-state index contributed by atoms with van der Waals surface area (Å²) in [6, 6.07) is 10.1. The molecule has 5 heteroatoms. The lowest BCUT2D eigenvalue weighted by molar-refractivity contribution is 0.676. The maximum Gasteiger partial charge on any atom is 0.163 e. The van der Waals surface area contributed by atoms with Crippen LogP contribution in [0.25, 0.3) is 11.4 Å². The van der Waals surface area contributed by atoms with Gasteiger partial charge in [0, 0.05) is 48.7 Å². The minimum absolute atomic E-state index is 0.180. The van der Waals surface area contributed by atoms with Gasteiger partial charge in [-0.25, -0.2) is 9.97 Å². The second kappa shape index (κ2) is 7.17. The highest BCUT2D eigenvalue weighted by molar-refractivity contribution is 5.57. The molecule has 3 aromatic heterocycles. The number of pyridine rings is 2. The second-order valence-corrected chi connectivity index (χ2v) is 5.68. The minimum Gasteiger partial charge on any atom is -0.350 e. The Morgan fingerprint density at radius 3 is 2.42 bits per heavy atom. The van der Waals surface area contributed by atoms with Crippen LogP contribution in [0, 0.1) is 6.92 Å². The van der Waals surface area contributed by atoms with Crippen LogP contribution in [-0.4, -0.2) is 26.5 Å². The number of hydrogen-bond acceptors (Lipinski definition) is 5. The van der Waals surface area contributed by atoms with Crippen molar-refractivity contribution in [2.24, 2.45) is 0 Å². The summed E-state index contributed by atoms with van der Waals surface area (Å²) in [6.07, 6.45) is 7.24. The molecule has 0 saturated carbocycles. The Hall–Kier alpha value is -2.82. The molecule has 0 amide bonds. The lowest BCUT2D eigenvalue weighted by atomic mass is 10.1. The predicted octanol–water partition coefficient (Wildman–Crippen LogP) is 3.83. The normalized spacial score (nSPS) is 12.0. The standard InChI is InChI=1S/C19H21N5/c1-4-24(15(3)16-7-5-9-20-12-16)18-11-14(2)22-19(23-18)17-8-6-10-21-13-17/h5-13,15H,4H2,1-3H3. The highest BCUT2D eigenvalue weighted by Crippen LogP contribution is 2.27. The Morgan fingerprint density at radius 1 is 1.04 bits per heavy atom. The maximum atomic E-state index is 4.78. The highest BCUT2D eigenvalue weighted by Gasteiger charge is 2.18. The summed E-state index contributed by atoms with van der Waals surface area (Å²) >= 11 is 0. The topological polar surface area (TPSA) is 54.8 Å². The van der Waals surface area contributed by atoms with Crippen molar-refractivity contribution < 1.29 is 0 Å². The van der Waals surface area contributed by atoms with Crippen molar-refractivity contribution in [3.63, 3.8) is 0 Å². The first kappa shape index (κ1) is 16.1. The molecule has 24 heavy (non-hydrogen) atoms. The second-order valence-electron chi connectivity index (χ2n) is 5.68. The molecule has 0 aliphatic carbocycles. The van der Waals surface area contributed by atoms with E-state index in [1.165, 1.54) is 5.56 Å². The molecule has 5 nitrogen and oxygen atoms in total. The van der Waals surface area contributed by atoms with Gasteiger partial charge in [0.05, 0.1) is 6.04 Å². The Morgan fingerprint density at radius 2 is 1.79 bits per heavy atom. The number of rotatable bonds is 5. The van der Waals surface area contributed by atoms with Gasteiger partial charge in [0.1, 0.15) is 5.82 Å². The van der Waals surface area contributed by atoms with Crippen molar-refractivity contribution in [3.8, 4) is 11.4 Å². The average Bonchev–Trinajstić information content (AvgIpc) is 2.63. The van der Waals surface area contributed by atoms with Crippen LogP contribution in [0.3, 0.4) is 0 Å². The van der Waals surface area contributed by atoms with Gasteiger partial charge in [0.2, 0.25) is 0 Å². The van der Waals surface area contributed by atoms with E-state index in [1.54, 1.807) is 18.6 Å². The van der Waals surface area contributed by atoms with Crippen LogP contribution in [0.4, 0.5) is 5.82 Å². The van der Waals surface area contributed by atoms with Crippen molar-refractivity contribution in [2.45, 2.75) is 26.8 Å². The Kier molecular flexibility index (Phi) is 4.79. The van der Waals surface area contributed by atoms with Crippen molar-refractivity contribution in [2.75, 3.05) is 11.4 Å². The van der Waals surface area contributed by atoms with Crippen LogP contribution in [0.1, 0.15) is 31.1 Å². The molecule has 0 aromatic carbocycles. The molecular weight excluding hydrogens is 298 g/mol. The van der Waals surface area contributed by atoms with Crippen molar-refractivity contribution in [3.05, 3.63) is 66.4 Å². The molecule has 0 spiro atoms. The van der Waals surface area contributed by atoms with Gasteiger partial charge in [0.25, 0.3) is 0 Å². The van der Waals surface area contributed by atoms with E-state index in [2.05, 4.69) is 39.8 Å². The van der Waals surface area contributed by atoms with Gasteiger partial charge in [-0.3, -0.25) is 9.97 Å². The SMILES string of the molecule is CCN(c1cc(C)nc(-c2cccnc2)n1)C(C)c1cccnc1. The first-order valence-electron chi connectivity index (χ1n) is 8.11. The number of anilines is 1. The maximum absolute atomic E-state index is 4.78. The van der Waals surface area contributed by atoms with Crippen LogP contribution in [-0.2, 0) is 0 Å². The summed E-state index contributed by atoms with van der Waals surface area (Å²) in [4.78, 5) is 20.0. The summed E-state index contributed by atoms with van der Waals surface area (Å²) in [7, 11) is 0. The number of aromatic nitrogens is 4. The van der Waals surface area contributed by atoms with Gasteiger partial charge in [0.15, 0.2) is 5.82 Å². The molecule has 0 aliphatic rings. The lowest BCUT2D eigenvalue weighted by Gasteiger charge is -2.29. The first-order chi connectivity index (χ1) is 11.7. The van der Waals surface area contributed by atoms with Crippen LogP contribution >= 0.6 is 0 Å². The summed E-state index contributed by atoms with van der Waals surface area (Å²) < 4.78 is 0. The van der Waals surface area contributed by atoms with Crippen LogP contribution < -0.4 is 4.90 Å². The van der Waals surface area contributed by atoms with Gasteiger partial charge in [-0.2, -0.15) is 0 Å². The smallest absolute Gasteiger partial charge is 0.163 e. The minimum atomic E-state index is 0.180. The largest absolute Gasteiger partial charge is 0.350 e. The zero-order valence-electron chi connectivity index (χ0n) is 14.2. The van der Waals surface area contributed by atoms with Gasteiger partial charge < -0.3 is 4.90 Å². The number of nitrogens with zero attached hydrogens (tertiary/aromatic N) is 5. The van der Waals surface area contributed by atoms with E-state index in [0.29, 0.717) is 5.82 Å². The molecule has 0 aliphatic heterocycles. The fourth-order valence-corrected chi connectivity index (χ4v) is 2.76. The van der Waals surface area contributed by atoms with E-state index < -0.39 is 0 Å². The molecule has 3 aromatic rings. The van der Waals surface area contributed by atoms with Crippen LogP contribution in [0.2, 0.25) is 0 Å². The zero-order chi connectivity index (χ0) is 16.9. The molecule has 0 N–H and O–H groups in total. The summed E-state index contributed by atoms with van der Waals surface area (Å²) in [5.74, 6) is 1.62. The number of aryl methyl sites for hydroxylation is 1. The van der Waals surface area contributed by atoms with E-state index in [1.807, 2.05) is 37.4 Å². The predicted molar refractivity (Wildman–Crippen MR) is 95.7 cm³/mol. The zero-order valence-corrected chi connectivity index (χ0v) is 14.2. The summed E-state index contributed by atoms with van der Waals surface area (Å²) in [5.41, 5.74) is 3.03. The Bertz CT molecular complexity index is 789. The third kappa shape index (κ3) is 3.40. The van der Waals surface area contributed by atoms with Gasteiger partial charge in [-0.05, 0) is 44.5 Å². The van der Waals surface area contributed by atoms with Gasteiger partial charge in [-0.15, -0.1) is 0 Å². The molecule has 0 radical (unpaired) electrons. The molecule has 122 valence electrons. The van der Waals surface area contributed by atoms with Gasteiger partial charge >= 0.3 is 0 Å². The third-order valence-electron chi connectivity index (χ3n) is 4.03. The van der Waals surface area contributed by atoms with E-state index in [-0.39, 0.29) is 6.04 Å². The fraction of sp³-hybridized carbons (Fsp3) is 0.263. The molecule has 0 fully saturated rings. The van der Waals surface area contributed by atoms with E-state index in [9.17, 15) is 0 Å². The van der Waals surface area contributed by atoms with E-state index in [0.717, 1.165) is 23.6 Å². The third-order valence-corrected chi connectivity index (χ3v) is 4.03. The van der Waals surface area contributed by atoms with E-state index >= 15 is 0 Å². The molecule has 3 heterocycles. The number of hydrogen-bond donors (Lipinski definition) is 0. The first-order valence-corrected chi connectivity index (χ1v) is 8.11. The summed E-state index contributed by atoms with van der Waals surface area (Å²) in [5, 5.41) is 0. The molecule has 1 unspecified atom stereocenters. The van der Waals surface area contributed by atoms with Crippen molar-refractivity contribution in [1.29, 1.82) is 0 Å².